The van der Waals surface area contributed by atoms with E-state index < -0.39 is 0 Å². The van der Waals surface area contributed by atoms with Crippen molar-refractivity contribution in [2.45, 2.75) is 20.3 Å². The lowest BCUT2D eigenvalue weighted by Gasteiger charge is -2.29. The van der Waals surface area contributed by atoms with E-state index in [1.54, 1.807) is 0 Å². The molecule has 1 fully saturated rings. The van der Waals surface area contributed by atoms with Crippen LogP contribution in [-0.2, 0) is 4.79 Å². The highest BCUT2D eigenvalue weighted by molar-refractivity contribution is 5.97. The van der Waals surface area contributed by atoms with E-state index in [0.717, 1.165) is 25.1 Å². The van der Waals surface area contributed by atoms with Crippen LogP contribution in [0.15, 0.2) is 11.8 Å². The minimum absolute atomic E-state index is 0.288. The zero-order chi connectivity index (χ0) is 11.4. The summed E-state index contributed by atoms with van der Waals surface area (Å²) in [5.41, 5.74) is 0.972. The van der Waals surface area contributed by atoms with Crippen molar-refractivity contribution in [2.75, 3.05) is 33.7 Å². The van der Waals surface area contributed by atoms with E-state index in [-0.39, 0.29) is 5.78 Å². The zero-order valence-corrected chi connectivity index (χ0v) is 10.3. The van der Waals surface area contributed by atoms with Crippen LogP contribution in [0.1, 0.15) is 20.3 Å². The second-order valence-corrected chi connectivity index (χ2v) is 4.92. The molecule has 1 heterocycles. The van der Waals surface area contributed by atoms with Crippen molar-refractivity contribution in [1.29, 1.82) is 0 Å². The van der Waals surface area contributed by atoms with E-state index in [1.807, 2.05) is 25.2 Å². The molecule has 86 valence electrons. The molecule has 0 atom stereocenters. The maximum Gasteiger partial charge on any atom is 0.174 e. The molecule has 0 spiro atoms. The molecule has 1 aliphatic rings. The predicted octanol–water partition coefficient (Wildman–Crippen LogP) is 1.36. The predicted molar refractivity (Wildman–Crippen MR) is 62.7 cm³/mol. The maximum atomic E-state index is 11.8. The van der Waals surface area contributed by atoms with Crippen LogP contribution in [0.5, 0.6) is 0 Å². The van der Waals surface area contributed by atoms with Gasteiger partial charge in [0.05, 0.1) is 6.54 Å². The first kappa shape index (κ1) is 12.2. The summed E-state index contributed by atoms with van der Waals surface area (Å²) >= 11 is 0. The number of hydrogen-bond acceptors (Lipinski definition) is 3. The molecular formula is C12H22N2O. The van der Waals surface area contributed by atoms with Gasteiger partial charge in [0.1, 0.15) is 0 Å². The molecule has 1 saturated heterocycles. The number of rotatable bonds is 3. The van der Waals surface area contributed by atoms with E-state index in [0.29, 0.717) is 12.5 Å². The number of hydrogen-bond donors (Lipinski definition) is 0. The van der Waals surface area contributed by atoms with E-state index in [1.165, 1.54) is 0 Å². The molecular weight excluding hydrogens is 188 g/mol. The van der Waals surface area contributed by atoms with E-state index in [9.17, 15) is 4.79 Å². The molecule has 0 aromatic rings. The van der Waals surface area contributed by atoms with E-state index >= 15 is 0 Å². The Morgan fingerprint density at radius 2 is 2.13 bits per heavy atom. The SMILES string of the molecule is CC(C)CN1CCC(=CN(C)C)C(=O)C1. The molecule has 1 rings (SSSR count). The van der Waals surface area contributed by atoms with Crippen LogP contribution < -0.4 is 0 Å². The average Bonchev–Trinajstić information content (AvgIpc) is 2.08. The third-order valence-corrected chi connectivity index (χ3v) is 2.46. The lowest BCUT2D eigenvalue weighted by Crippen LogP contribution is -2.39. The van der Waals surface area contributed by atoms with Gasteiger partial charge in [-0.1, -0.05) is 13.8 Å². The smallest absolute Gasteiger partial charge is 0.174 e. The van der Waals surface area contributed by atoms with Crippen LogP contribution in [0.3, 0.4) is 0 Å². The number of ketones is 1. The van der Waals surface area contributed by atoms with Crippen molar-refractivity contribution in [3.05, 3.63) is 11.8 Å². The molecule has 0 aromatic carbocycles. The molecule has 0 radical (unpaired) electrons. The fraction of sp³-hybridized carbons (Fsp3) is 0.750. The molecule has 0 bridgehead atoms. The average molecular weight is 210 g/mol. The summed E-state index contributed by atoms with van der Waals surface area (Å²) in [4.78, 5) is 16.0. The fourth-order valence-electron chi connectivity index (χ4n) is 1.92. The topological polar surface area (TPSA) is 23.6 Å². The molecule has 3 nitrogen and oxygen atoms in total. The van der Waals surface area contributed by atoms with Crippen molar-refractivity contribution in [3.63, 3.8) is 0 Å². The van der Waals surface area contributed by atoms with Crippen LogP contribution in [0.25, 0.3) is 0 Å². The Kier molecular flexibility index (Phi) is 4.33. The molecule has 0 aliphatic carbocycles. The largest absolute Gasteiger partial charge is 0.383 e. The van der Waals surface area contributed by atoms with Crippen LogP contribution >= 0.6 is 0 Å². The van der Waals surface area contributed by atoms with E-state index in [2.05, 4.69) is 18.7 Å². The third kappa shape index (κ3) is 4.04. The van der Waals surface area contributed by atoms with Gasteiger partial charge < -0.3 is 4.90 Å². The summed E-state index contributed by atoms with van der Waals surface area (Å²) in [6, 6.07) is 0. The summed E-state index contributed by atoms with van der Waals surface area (Å²) in [5.74, 6) is 0.924. The standard InChI is InChI=1S/C12H22N2O/c1-10(2)7-14-6-5-11(8-13(3)4)12(15)9-14/h8,10H,5-7,9H2,1-4H3. The van der Waals surface area contributed by atoms with Crippen LogP contribution in [0.2, 0.25) is 0 Å². The number of piperidine rings is 1. The van der Waals surface area contributed by atoms with Crippen LogP contribution in [-0.4, -0.2) is 49.3 Å². The Hall–Kier alpha value is -0.830. The first-order valence-corrected chi connectivity index (χ1v) is 5.61. The monoisotopic (exact) mass is 210 g/mol. The quantitative estimate of drug-likeness (QED) is 0.657. The first-order valence-electron chi connectivity index (χ1n) is 5.61. The van der Waals surface area contributed by atoms with Gasteiger partial charge in [-0.05, 0) is 12.3 Å². The van der Waals surface area contributed by atoms with Crippen LogP contribution in [0.4, 0.5) is 0 Å². The Labute approximate surface area is 92.7 Å². The Morgan fingerprint density at radius 3 is 2.60 bits per heavy atom. The van der Waals surface area contributed by atoms with E-state index in [4.69, 9.17) is 0 Å². The summed E-state index contributed by atoms with van der Waals surface area (Å²) in [6.07, 6.45) is 2.85. The minimum Gasteiger partial charge on any atom is -0.383 e. The van der Waals surface area contributed by atoms with Gasteiger partial charge in [-0.25, -0.2) is 0 Å². The second kappa shape index (κ2) is 5.31. The number of Topliss-reactive ketones (excluding diaryl/α,β-unsaturated/α-hetero) is 1. The fourth-order valence-corrected chi connectivity index (χ4v) is 1.92. The lowest BCUT2D eigenvalue weighted by molar-refractivity contribution is -0.118. The second-order valence-electron chi connectivity index (χ2n) is 4.92. The van der Waals surface area contributed by atoms with Crippen molar-refractivity contribution in [1.82, 2.24) is 9.80 Å². The molecule has 0 amide bonds. The summed E-state index contributed by atoms with van der Waals surface area (Å²) in [7, 11) is 3.92. The molecule has 15 heavy (non-hydrogen) atoms. The highest BCUT2D eigenvalue weighted by Gasteiger charge is 2.21. The van der Waals surface area contributed by atoms with Crippen molar-refractivity contribution in [2.24, 2.45) is 5.92 Å². The number of carbonyl (C=O) groups is 1. The Bertz CT molecular complexity index is 256. The summed E-state index contributed by atoms with van der Waals surface area (Å²) in [5, 5.41) is 0. The van der Waals surface area contributed by atoms with Gasteiger partial charge in [0.25, 0.3) is 0 Å². The highest BCUT2D eigenvalue weighted by atomic mass is 16.1. The van der Waals surface area contributed by atoms with Gasteiger partial charge >= 0.3 is 0 Å². The van der Waals surface area contributed by atoms with Gasteiger partial charge in [-0.15, -0.1) is 0 Å². The molecule has 0 unspecified atom stereocenters. The normalized spacial score (nSPS) is 21.4. The van der Waals surface area contributed by atoms with Gasteiger partial charge in [-0.2, -0.15) is 0 Å². The van der Waals surface area contributed by atoms with Crippen molar-refractivity contribution in [3.8, 4) is 0 Å². The molecule has 0 N–H and O–H groups in total. The lowest BCUT2D eigenvalue weighted by atomic mass is 10.0. The van der Waals surface area contributed by atoms with Gasteiger partial charge in [-0.3, -0.25) is 9.69 Å². The molecule has 0 aromatic heterocycles. The molecule has 3 heteroatoms. The Balaban J connectivity index is 2.52. The van der Waals surface area contributed by atoms with Crippen LogP contribution in [0, 0.1) is 5.92 Å². The maximum absolute atomic E-state index is 11.8. The summed E-state index contributed by atoms with van der Waals surface area (Å²) in [6.45, 7) is 7.02. The van der Waals surface area contributed by atoms with Gasteiger partial charge in [0, 0.05) is 39.0 Å². The number of carbonyl (C=O) groups excluding carboxylic acids is 1. The number of likely N-dealkylation sites (tertiary alicyclic amines) is 1. The zero-order valence-electron chi connectivity index (χ0n) is 10.3. The molecule has 0 saturated carbocycles. The molecule has 1 aliphatic heterocycles. The third-order valence-electron chi connectivity index (χ3n) is 2.46. The Morgan fingerprint density at radius 1 is 1.47 bits per heavy atom. The highest BCUT2D eigenvalue weighted by Crippen LogP contribution is 2.14. The number of nitrogens with zero attached hydrogens (tertiary/aromatic N) is 2. The van der Waals surface area contributed by atoms with Gasteiger partial charge in [0.2, 0.25) is 0 Å². The summed E-state index contributed by atoms with van der Waals surface area (Å²) < 4.78 is 0. The minimum atomic E-state index is 0.288. The van der Waals surface area contributed by atoms with Crippen molar-refractivity contribution >= 4 is 5.78 Å². The van der Waals surface area contributed by atoms with Crippen molar-refractivity contribution < 1.29 is 4.79 Å². The first-order chi connectivity index (χ1) is 6.99. The van der Waals surface area contributed by atoms with Gasteiger partial charge in [0.15, 0.2) is 5.78 Å².